The largest absolute Gasteiger partial charge is 0.386 e. The molecule has 220 valence electrons. The topological polar surface area (TPSA) is 217 Å². The second kappa shape index (κ2) is 10.7. The van der Waals surface area contributed by atoms with Crippen LogP contribution >= 0.6 is 25.8 Å². The molecule has 7 atom stereocenters. The lowest BCUT2D eigenvalue weighted by molar-refractivity contribution is -0.0461. The van der Waals surface area contributed by atoms with Crippen LogP contribution in [0.5, 0.6) is 0 Å². The van der Waals surface area contributed by atoms with Gasteiger partial charge in [-0.2, -0.15) is 4.98 Å². The Hall–Kier alpha value is -2.38. The molecule has 1 fully saturated rings. The van der Waals surface area contributed by atoms with E-state index in [9.17, 15) is 14.3 Å². The number of nitrogen functional groups attached to an aromatic ring is 1. The van der Waals surface area contributed by atoms with Gasteiger partial charge < -0.3 is 24.5 Å². The van der Waals surface area contributed by atoms with E-state index < -0.39 is 56.4 Å². The highest BCUT2D eigenvalue weighted by Crippen LogP contribution is 2.56. The molecule has 0 aliphatic carbocycles. The van der Waals surface area contributed by atoms with E-state index in [1.165, 1.54) is 23.4 Å². The third-order valence-corrected chi connectivity index (χ3v) is 9.52. The summed E-state index contributed by atoms with van der Waals surface area (Å²) in [5, 5.41) is 0. The third kappa shape index (κ3) is 5.69. The second-order valence-electron chi connectivity index (χ2n) is 9.15. The molecule has 2 bridgehead atoms. The molecule has 41 heavy (non-hydrogen) atoms. The van der Waals surface area contributed by atoms with Crippen LogP contribution < -0.4 is 11.3 Å². The number of hydrogen-bond donors (Lipinski definition) is 4. The molecule has 0 amide bonds. The molecular weight excluding hydrogens is 627 g/mol. The molecule has 6 heterocycles. The minimum Gasteiger partial charge on any atom is -0.369 e. The number of thiol groups is 1. The number of H-pyrrole nitrogens is 1. The number of alkyl halides is 1. The first-order chi connectivity index (χ1) is 19.4. The van der Waals surface area contributed by atoms with Crippen molar-refractivity contribution in [2.75, 3.05) is 12.3 Å². The molecule has 0 spiro atoms. The molecule has 22 heteroatoms. The van der Waals surface area contributed by atoms with Gasteiger partial charge in [-0.15, -0.1) is 0 Å². The smallest absolute Gasteiger partial charge is 0.369 e. The van der Waals surface area contributed by atoms with Crippen molar-refractivity contribution < 1.29 is 36.7 Å². The minimum absolute atomic E-state index is 0.0490. The fraction of sp³-hybridized carbons (Fsp3) is 0.474. The zero-order valence-electron chi connectivity index (χ0n) is 20.9. The molecule has 17 nitrogen and oxygen atoms in total. The zero-order valence-corrected chi connectivity index (χ0v) is 24.4. The van der Waals surface area contributed by atoms with Gasteiger partial charge in [-0.05, 0) is 18.7 Å². The number of halogens is 1. The van der Waals surface area contributed by atoms with Crippen molar-refractivity contribution in [2.24, 2.45) is 0 Å². The Morgan fingerprint density at radius 1 is 1.27 bits per heavy atom. The van der Waals surface area contributed by atoms with Gasteiger partial charge in [0.15, 0.2) is 29.2 Å². The van der Waals surface area contributed by atoms with Crippen molar-refractivity contribution >= 4 is 65.8 Å². The zero-order chi connectivity index (χ0) is 29.1. The van der Waals surface area contributed by atoms with E-state index in [4.69, 9.17) is 40.4 Å². The molecule has 4 aromatic rings. The van der Waals surface area contributed by atoms with Crippen molar-refractivity contribution in [3.63, 3.8) is 0 Å². The number of rotatable bonds is 1. The van der Waals surface area contributed by atoms with Crippen LogP contribution in [0, 0.1) is 0 Å². The van der Waals surface area contributed by atoms with E-state index in [2.05, 4.69) is 42.2 Å². The van der Waals surface area contributed by atoms with Gasteiger partial charge in [0.25, 0.3) is 5.56 Å². The summed E-state index contributed by atoms with van der Waals surface area (Å²) < 4.78 is 59.8. The summed E-state index contributed by atoms with van der Waals surface area (Å²) in [6, 6.07) is 0. The summed E-state index contributed by atoms with van der Waals surface area (Å²) >= 11 is 9.26. The van der Waals surface area contributed by atoms with Crippen molar-refractivity contribution in [1.82, 2.24) is 39.0 Å². The highest BCUT2D eigenvalue weighted by Gasteiger charge is 2.50. The monoisotopic (exact) mass is 649 g/mol. The first-order valence-corrected chi connectivity index (χ1v) is 17.2. The Kier molecular flexibility index (Phi) is 7.51. The Morgan fingerprint density at radius 3 is 2.88 bits per heavy atom. The van der Waals surface area contributed by atoms with Gasteiger partial charge in [0, 0.05) is 0 Å². The number of nitrogens with two attached hydrogens (primary N) is 1. The minimum atomic E-state index is -4.18. The van der Waals surface area contributed by atoms with Crippen molar-refractivity contribution in [3.8, 4) is 0 Å². The summed E-state index contributed by atoms with van der Waals surface area (Å²) in [5.41, 5.74) is 5.70. The summed E-state index contributed by atoms with van der Waals surface area (Å²) in [6.45, 7) is -7.49. The average Bonchev–Trinajstić information content (AvgIpc) is 3.55. The van der Waals surface area contributed by atoms with Crippen LogP contribution in [-0.4, -0.2) is 75.0 Å². The highest BCUT2D eigenvalue weighted by atomic mass is 32.7. The lowest BCUT2D eigenvalue weighted by Crippen LogP contribution is -2.32. The molecule has 0 aromatic carbocycles. The Balaban J connectivity index is 1.39. The third-order valence-electron chi connectivity index (χ3n) is 6.24. The lowest BCUT2D eigenvalue weighted by Gasteiger charge is -2.25. The molecule has 2 aliphatic heterocycles. The van der Waals surface area contributed by atoms with Gasteiger partial charge in [-0.1, -0.05) is 12.2 Å². The highest BCUT2D eigenvalue weighted by molar-refractivity contribution is 8.44. The van der Waals surface area contributed by atoms with E-state index in [1.807, 2.05) is 0 Å². The number of aromatic nitrogens is 8. The van der Waals surface area contributed by atoms with Crippen molar-refractivity contribution in [2.45, 2.75) is 50.8 Å². The van der Waals surface area contributed by atoms with Crippen molar-refractivity contribution in [3.05, 3.63) is 35.0 Å². The number of aromatic amines is 1. The summed E-state index contributed by atoms with van der Waals surface area (Å²) in [6.07, 6.45) is -3.22. The van der Waals surface area contributed by atoms with Gasteiger partial charge in [-0.25, -0.2) is 28.9 Å². The Morgan fingerprint density at radius 2 is 2.07 bits per heavy atom. The van der Waals surface area contributed by atoms with Crippen molar-refractivity contribution in [1.29, 1.82) is 0 Å². The fourth-order valence-electron chi connectivity index (χ4n) is 4.56. The summed E-state index contributed by atoms with van der Waals surface area (Å²) in [7, 11) is 0. The van der Waals surface area contributed by atoms with E-state index in [0.29, 0.717) is 11.2 Å². The van der Waals surface area contributed by atoms with Crippen LogP contribution in [0.15, 0.2) is 23.6 Å². The number of hydrogen-bond acceptors (Lipinski definition) is 14. The Bertz CT molecular complexity index is 1790. The first-order valence-electron chi connectivity index (χ1n) is 11.9. The van der Waals surface area contributed by atoms with Gasteiger partial charge >= 0.3 is 13.5 Å². The maximum atomic E-state index is 15.9. The summed E-state index contributed by atoms with van der Waals surface area (Å²) in [5.74, 6) is 0.0253. The van der Waals surface area contributed by atoms with E-state index in [1.54, 1.807) is 11.5 Å². The molecule has 1 saturated heterocycles. The van der Waals surface area contributed by atoms with Crippen LogP contribution in [0.2, 0.25) is 0 Å². The number of fused-ring (bicyclic) bond motifs is 6. The molecule has 0 saturated carbocycles. The van der Waals surface area contributed by atoms with Crippen LogP contribution in [0.25, 0.3) is 22.3 Å². The molecule has 4 aromatic heterocycles. The van der Waals surface area contributed by atoms with E-state index in [-0.39, 0.29) is 36.1 Å². The SMILES string of the molecule is C[C@H]1Cn2c(nc3cncnc32)COP(O)(=S)O[C@@H]2[C@H](F)[C@@H](COP(=O)(S)O1)O[C@@H]2n1cnc2c(=O)[nH]c(N)nc21. The molecule has 2 aliphatic rings. The van der Waals surface area contributed by atoms with Crippen LogP contribution in [-0.2, 0) is 52.4 Å². The molecule has 2 unspecified atom stereocenters. The maximum Gasteiger partial charge on any atom is 0.386 e. The van der Waals surface area contributed by atoms with E-state index >= 15 is 4.39 Å². The lowest BCUT2D eigenvalue weighted by atomic mass is 10.1. The fourth-order valence-corrected chi connectivity index (χ4v) is 7.49. The predicted molar refractivity (Wildman–Crippen MR) is 146 cm³/mol. The first kappa shape index (κ1) is 28.7. The number of imidazole rings is 2. The second-order valence-corrected chi connectivity index (χ2v) is 14.8. The van der Waals surface area contributed by atoms with Crippen LogP contribution in [0.1, 0.15) is 19.0 Å². The van der Waals surface area contributed by atoms with Gasteiger partial charge in [0.2, 0.25) is 5.95 Å². The van der Waals surface area contributed by atoms with Crippen LogP contribution in [0.3, 0.4) is 0 Å². The normalized spacial score (nSPS) is 33.4. The number of nitrogens with one attached hydrogen (secondary N) is 1. The average molecular weight is 650 g/mol. The Labute approximate surface area is 239 Å². The van der Waals surface area contributed by atoms with Gasteiger partial charge in [0.05, 0.1) is 31.8 Å². The van der Waals surface area contributed by atoms with Crippen LogP contribution in [0.4, 0.5) is 10.3 Å². The quantitative estimate of drug-likeness (QED) is 0.169. The molecular formula is C19H22FN9O8P2S2. The van der Waals surface area contributed by atoms with Gasteiger partial charge in [-0.3, -0.25) is 27.9 Å². The van der Waals surface area contributed by atoms with E-state index in [0.717, 1.165) is 0 Å². The molecule has 0 radical (unpaired) electrons. The predicted octanol–water partition coefficient (Wildman–Crippen LogP) is 1.37. The maximum absolute atomic E-state index is 15.9. The number of ether oxygens (including phenoxy) is 1. The molecule has 6 rings (SSSR count). The number of nitrogens with zero attached hydrogens (tertiary/aromatic N) is 7. The number of anilines is 1. The molecule has 4 N–H and O–H groups in total. The standard InChI is InChI=1S/C19H22FN9O8P2S2/c1-8-3-28-11(25-9-2-22-6-23-15(9)28)5-34-39(32,41)37-14-12(20)10(4-33-38(31,40)36-8)35-18(14)29-7-24-13-16(29)26-19(21)27-17(13)30/h2,6-8,10,12,14,18H,3-5H2,1H3,(H,31,40)(H,32,41)(H3,21,26,27,30)/t8-,10+,12+,14+,18-,38?,39?/m0/s1. The summed E-state index contributed by atoms with van der Waals surface area (Å²) in [4.78, 5) is 46.3. The van der Waals surface area contributed by atoms with Gasteiger partial charge in [0.1, 0.15) is 36.5 Å².